The SMILES string of the molecule is CCOC(=O)c1cc(Cl)cc(C)c1NC(=O)C1([N+](CC)(CC)CC(=O)OCc2ccccc2)CC1. The van der Waals surface area contributed by atoms with Crippen LogP contribution in [0.2, 0.25) is 5.02 Å². The van der Waals surface area contributed by atoms with Crippen LogP contribution in [0.4, 0.5) is 5.69 Å². The van der Waals surface area contributed by atoms with Gasteiger partial charge in [-0.1, -0.05) is 41.9 Å². The molecule has 0 radical (unpaired) electrons. The zero-order chi connectivity index (χ0) is 25.6. The molecule has 2 aromatic rings. The van der Waals surface area contributed by atoms with Gasteiger partial charge in [0.1, 0.15) is 6.61 Å². The third-order valence-electron chi connectivity index (χ3n) is 6.97. The van der Waals surface area contributed by atoms with Crippen molar-refractivity contribution in [1.82, 2.24) is 0 Å². The van der Waals surface area contributed by atoms with Gasteiger partial charge in [-0.2, -0.15) is 0 Å². The van der Waals surface area contributed by atoms with E-state index in [4.69, 9.17) is 21.1 Å². The molecular formula is C27H34ClN2O5+. The second-order valence-electron chi connectivity index (χ2n) is 8.93. The molecule has 1 amide bonds. The summed E-state index contributed by atoms with van der Waals surface area (Å²) >= 11 is 6.18. The molecule has 0 unspecified atom stereocenters. The van der Waals surface area contributed by atoms with E-state index in [-0.39, 0.29) is 41.7 Å². The van der Waals surface area contributed by atoms with Crippen LogP contribution in [-0.2, 0) is 25.7 Å². The Kier molecular flexibility index (Phi) is 8.56. The first kappa shape index (κ1) is 26.7. The maximum atomic E-state index is 13.7. The van der Waals surface area contributed by atoms with Crippen LogP contribution in [-0.4, -0.2) is 54.1 Å². The Morgan fingerprint density at radius 3 is 2.26 bits per heavy atom. The highest BCUT2D eigenvalue weighted by atomic mass is 35.5. The van der Waals surface area contributed by atoms with E-state index < -0.39 is 11.5 Å². The fourth-order valence-corrected chi connectivity index (χ4v) is 5.05. The maximum absolute atomic E-state index is 13.7. The summed E-state index contributed by atoms with van der Waals surface area (Å²) in [5.41, 5.74) is 1.41. The van der Waals surface area contributed by atoms with E-state index in [2.05, 4.69) is 5.32 Å². The fourth-order valence-electron chi connectivity index (χ4n) is 4.78. The third kappa shape index (κ3) is 5.68. The number of likely N-dealkylation sites (N-methyl/N-ethyl adjacent to an activating group) is 1. The van der Waals surface area contributed by atoms with Gasteiger partial charge in [0.25, 0.3) is 5.91 Å². The molecule has 0 saturated heterocycles. The number of amides is 1. The van der Waals surface area contributed by atoms with Gasteiger partial charge in [0.05, 0.1) is 30.9 Å². The van der Waals surface area contributed by atoms with Crippen LogP contribution in [0, 0.1) is 6.92 Å². The Labute approximate surface area is 211 Å². The van der Waals surface area contributed by atoms with Gasteiger partial charge >= 0.3 is 11.9 Å². The lowest BCUT2D eigenvalue weighted by atomic mass is 10.0. The lowest BCUT2D eigenvalue weighted by Gasteiger charge is -2.42. The quantitative estimate of drug-likeness (QED) is 0.350. The average Bonchev–Trinajstić information content (AvgIpc) is 3.66. The van der Waals surface area contributed by atoms with Crippen molar-refractivity contribution >= 4 is 35.1 Å². The summed E-state index contributed by atoms with van der Waals surface area (Å²) in [5, 5.41) is 3.37. The molecule has 0 aromatic heterocycles. The molecule has 7 nitrogen and oxygen atoms in total. The molecular weight excluding hydrogens is 468 g/mol. The number of esters is 2. The Balaban J connectivity index is 1.82. The van der Waals surface area contributed by atoms with Crippen LogP contribution >= 0.6 is 11.6 Å². The zero-order valence-electron chi connectivity index (χ0n) is 20.9. The number of anilines is 1. The maximum Gasteiger partial charge on any atom is 0.362 e. The normalized spacial score (nSPS) is 14.2. The lowest BCUT2D eigenvalue weighted by Crippen LogP contribution is -2.64. The van der Waals surface area contributed by atoms with Gasteiger partial charge in [-0.3, -0.25) is 4.79 Å². The molecule has 188 valence electrons. The van der Waals surface area contributed by atoms with Gasteiger partial charge in [0, 0.05) is 17.9 Å². The summed E-state index contributed by atoms with van der Waals surface area (Å²) in [7, 11) is 0. The van der Waals surface area contributed by atoms with E-state index in [1.54, 1.807) is 19.9 Å². The highest BCUT2D eigenvalue weighted by Crippen LogP contribution is 2.48. The van der Waals surface area contributed by atoms with E-state index in [9.17, 15) is 14.4 Å². The molecule has 0 spiro atoms. The number of nitrogens with one attached hydrogen (secondary N) is 1. The number of ether oxygens (including phenoxy) is 2. The summed E-state index contributed by atoms with van der Waals surface area (Å²) < 4.78 is 11.0. The number of hydrogen-bond acceptors (Lipinski definition) is 5. The monoisotopic (exact) mass is 501 g/mol. The number of carbonyl (C=O) groups excluding carboxylic acids is 3. The summed E-state index contributed by atoms with van der Waals surface area (Å²) in [6, 6.07) is 12.7. The first-order valence-corrected chi connectivity index (χ1v) is 12.4. The standard InChI is InChI=1S/C27H33ClN2O5/c1-5-30(6-2,17-23(31)35-18-20-11-9-8-10-12-20)27(13-14-27)26(33)29-24-19(4)15-21(28)16-22(24)25(32)34-7-3/h8-12,15-16H,5-7,13-14,17-18H2,1-4H3/p+1. The molecule has 1 fully saturated rings. The Bertz CT molecular complexity index is 1080. The molecule has 0 atom stereocenters. The molecule has 0 heterocycles. The smallest absolute Gasteiger partial charge is 0.362 e. The first-order chi connectivity index (χ1) is 16.7. The van der Waals surface area contributed by atoms with Crippen molar-refractivity contribution in [3.05, 3.63) is 64.2 Å². The average molecular weight is 502 g/mol. The number of carbonyl (C=O) groups is 3. The molecule has 2 aromatic carbocycles. The topological polar surface area (TPSA) is 81.7 Å². The molecule has 1 saturated carbocycles. The number of benzene rings is 2. The predicted octanol–water partition coefficient (Wildman–Crippen LogP) is 4.90. The van der Waals surface area contributed by atoms with Crippen molar-refractivity contribution < 1.29 is 28.3 Å². The van der Waals surface area contributed by atoms with Gasteiger partial charge in [-0.25, -0.2) is 9.59 Å². The fraction of sp³-hybridized carbons (Fsp3) is 0.444. The van der Waals surface area contributed by atoms with Gasteiger partial charge in [0.2, 0.25) is 0 Å². The van der Waals surface area contributed by atoms with Crippen molar-refractivity contribution in [2.75, 3.05) is 31.6 Å². The number of quaternary nitrogens is 1. The largest absolute Gasteiger partial charge is 0.462 e. The van der Waals surface area contributed by atoms with Crippen molar-refractivity contribution in [2.45, 2.75) is 52.7 Å². The highest BCUT2D eigenvalue weighted by molar-refractivity contribution is 6.31. The van der Waals surface area contributed by atoms with E-state index in [0.717, 1.165) is 5.56 Å². The molecule has 0 bridgehead atoms. The van der Waals surface area contributed by atoms with Crippen LogP contribution in [0.5, 0.6) is 0 Å². The number of halogens is 1. The molecule has 1 N–H and O–H groups in total. The van der Waals surface area contributed by atoms with E-state index in [0.29, 0.717) is 42.2 Å². The molecule has 0 aliphatic heterocycles. The van der Waals surface area contributed by atoms with Crippen LogP contribution in [0.25, 0.3) is 0 Å². The Morgan fingerprint density at radius 2 is 1.69 bits per heavy atom. The zero-order valence-corrected chi connectivity index (χ0v) is 21.6. The predicted molar refractivity (Wildman–Crippen MR) is 135 cm³/mol. The molecule has 35 heavy (non-hydrogen) atoms. The van der Waals surface area contributed by atoms with Crippen LogP contribution in [0.3, 0.4) is 0 Å². The van der Waals surface area contributed by atoms with E-state index >= 15 is 0 Å². The second kappa shape index (κ2) is 11.2. The van der Waals surface area contributed by atoms with Crippen LogP contribution in [0.15, 0.2) is 42.5 Å². The van der Waals surface area contributed by atoms with Gasteiger partial charge in [0.15, 0.2) is 12.1 Å². The number of nitrogens with zero attached hydrogens (tertiary/aromatic N) is 1. The number of rotatable bonds is 11. The summed E-state index contributed by atoms with van der Waals surface area (Å²) in [5.74, 6) is -1.10. The summed E-state index contributed by atoms with van der Waals surface area (Å²) in [6.07, 6.45) is 1.29. The minimum absolute atomic E-state index is 0.0948. The van der Waals surface area contributed by atoms with E-state index in [1.165, 1.54) is 6.07 Å². The molecule has 1 aliphatic carbocycles. The molecule has 3 rings (SSSR count). The van der Waals surface area contributed by atoms with Crippen molar-refractivity contribution in [1.29, 1.82) is 0 Å². The number of hydrogen-bond donors (Lipinski definition) is 1. The van der Waals surface area contributed by atoms with Crippen molar-refractivity contribution in [2.24, 2.45) is 0 Å². The lowest BCUT2D eigenvalue weighted by molar-refractivity contribution is -0.942. The van der Waals surface area contributed by atoms with Gasteiger partial charge in [-0.15, -0.1) is 0 Å². The van der Waals surface area contributed by atoms with Gasteiger partial charge in [-0.05, 0) is 51.0 Å². The molecule has 8 heteroatoms. The summed E-state index contributed by atoms with van der Waals surface area (Å²) in [4.78, 5) is 39.2. The van der Waals surface area contributed by atoms with E-state index in [1.807, 2.05) is 44.2 Å². The minimum atomic E-state index is -0.771. The van der Waals surface area contributed by atoms with Crippen LogP contribution < -0.4 is 5.32 Å². The van der Waals surface area contributed by atoms with Crippen molar-refractivity contribution in [3.8, 4) is 0 Å². The highest BCUT2D eigenvalue weighted by Gasteiger charge is 2.65. The summed E-state index contributed by atoms with van der Waals surface area (Å²) in [6.45, 7) is 9.15. The molecule has 1 aliphatic rings. The Morgan fingerprint density at radius 1 is 1.03 bits per heavy atom. The minimum Gasteiger partial charge on any atom is -0.462 e. The Hall–Kier alpha value is -2.90. The second-order valence-corrected chi connectivity index (χ2v) is 9.37. The van der Waals surface area contributed by atoms with Gasteiger partial charge < -0.3 is 19.3 Å². The van der Waals surface area contributed by atoms with Crippen molar-refractivity contribution in [3.63, 3.8) is 0 Å². The van der Waals surface area contributed by atoms with Crippen LogP contribution in [0.1, 0.15) is 55.1 Å². The first-order valence-electron chi connectivity index (χ1n) is 12.1. The number of aryl methyl sites for hydroxylation is 1. The third-order valence-corrected chi connectivity index (χ3v) is 7.19.